The summed E-state index contributed by atoms with van der Waals surface area (Å²) in [5.41, 5.74) is 2.81. The molecule has 0 saturated carbocycles. The number of hydrogen-bond donors (Lipinski definition) is 0. The summed E-state index contributed by atoms with van der Waals surface area (Å²) in [6.45, 7) is 1.78. The number of allylic oxidation sites excluding steroid dienone is 1. The van der Waals surface area contributed by atoms with E-state index >= 15 is 0 Å². The second kappa shape index (κ2) is 7.77. The lowest BCUT2D eigenvalue weighted by Crippen LogP contribution is -2.11. The number of nitrogens with zero attached hydrogens (tertiary/aromatic N) is 1. The highest BCUT2D eigenvalue weighted by Crippen LogP contribution is 2.23. The van der Waals surface area contributed by atoms with Crippen molar-refractivity contribution in [1.29, 1.82) is 0 Å². The van der Waals surface area contributed by atoms with Crippen molar-refractivity contribution >= 4 is 25.0 Å². The van der Waals surface area contributed by atoms with Gasteiger partial charge in [-0.25, -0.2) is 8.63 Å². The van der Waals surface area contributed by atoms with E-state index in [0.717, 1.165) is 16.8 Å². The van der Waals surface area contributed by atoms with Gasteiger partial charge in [-0.1, -0.05) is 29.8 Å². The van der Waals surface area contributed by atoms with Crippen LogP contribution in [-0.2, 0) is 0 Å². The molecule has 124 valence electrons. The number of benzene rings is 2. The normalized spacial score (nSPS) is 10.7. The van der Waals surface area contributed by atoms with Crippen LogP contribution in [0.3, 0.4) is 0 Å². The van der Waals surface area contributed by atoms with Gasteiger partial charge in [0, 0.05) is 19.8 Å². The summed E-state index contributed by atoms with van der Waals surface area (Å²) < 4.78 is 29.3. The number of halogens is 2. The van der Waals surface area contributed by atoms with Gasteiger partial charge < -0.3 is 9.55 Å². The van der Waals surface area contributed by atoms with Crippen molar-refractivity contribution in [1.82, 2.24) is 0 Å². The molecule has 0 saturated heterocycles. The molecule has 0 aromatic heterocycles. The monoisotopic (exact) mass is 329 g/mol. The van der Waals surface area contributed by atoms with Crippen molar-refractivity contribution in [2.24, 2.45) is 0 Å². The summed E-state index contributed by atoms with van der Waals surface area (Å²) in [7, 11) is 0.912. The molecular formula is C18H18BF2NO2. The van der Waals surface area contributed by atoms with Gasteiger partial charge in [-0.3, -0.25) is 4.79 Å². The summed E-state index contributed by atoms with van der Waals surface area (Å²) in [6, 6.07) is 12.2. The number of anilines is 1. The molecule has 3 nitrogen and oxygen atoms in total. The predicted molar refractivity (Wildman–Crippen MR) is 93.9 cm³/mol. The van der Waals surface area contributed by atoms with Gasteiger partial charge in [0.1, 0.15) is 5.75 Å². The largest absolute Gasteiger partial charge is 0.796 e. The van der Waals surface area contributed by atoms with Crippen LogP contribution >= 0.6 is 0 Å². The Bertz CT molecular complexity index is 743. The number of hydrogen-bond acceptors (Lipinski definition) is 3. The molecule has 0 unspecified atom stereocenters. The molecule has 6 heteroatoms. The number of aryl methyl sites for hydroxylation is 1. The van der Waals surface area contributed by atoms with Crippen molar-refractivity contribution in [2.45, 2.75) is 6.92 Å². The maximum Gasteiger partial charge on any atom is 0.796 e. The number of ketones is 1. The third-order valence-corrected chi connectivity index (χ3v) is 3.45. The van der Waals surface area contributed by atoms with E-state index in [1.807, 2.05) is 43.3 Å². The minimum absolute atomic E-state index is 0.117. The summed E-state index contributed by atoms with van der Waals surface area (Å²) in [5.74, 6) is -0.501. The molecule has 0 atom stereocenters. The fraction of sp³-hybridized carbons (Fsp3) is 0.167. The highest BCUT2D eigenvalue weighted by atomic mass is 19.2. The Morgan fingerprint density at radius 2 is 1.79 bits per heavy atom. The average Bonchev–Trinajstić information content (AvgIpc) is 2.54. The lowest BCUT2D eigenvalue weighted by Gasteiger charge is -2.11. The highest BCUT2D eigenvalue weighted by molar-refractivity contribution is 6.35. The SMILES string of the molecule is Cc1ccc(OB(F)F)c(C(=O)/C=C/c2ccc(N(C)C)cc2)c1. The fourth-order valence-corrected chi connectivity index (χ4v) is 2.18. The Morgan fingerprint density at radius 1 is 1.12 bits per heavy atom. The van der Waals surface area contributed by atoms with Gasteiger partial charge >= 0.3 is 7.47 Å². The summed E-state index contributed by atoms with van der Waals surface area (Å²) in [5, 5.41) is 0. The minimum atomic E-state index is -2.97. The molecule has 2 aromatic carbocycles. The zero-order valence-electron chi connectivity index (χ0n) is 13.8. The van der Waals surface area contributed by atoms with E-state index in [2.05, 4.69) is 4.65 Å². The zero-order valence-corrected chi connectivity index (χ0v) is 13.8. The Hall–Kier alpha value is -2.63. The topological polar surface area (TPSA) is 29.5 Å². The summed E-state index contributed by atoms with van der Waals surface area (Å²) >= 11 is 0. The number of rotatable bonds is 6. The smallest absolute Gasteiger partial charge is 0.505 e. The third kappa shape index (κ3) is 4.68. The van der Waals surface area contributed by atoms with E-state index in [9.17, 15) is 13.4 Å². The molecule has 0 spiro atoms. The van der Waals surface area contributed by atoms with Gasteiger partial charge in [0.2, 0.25) is 0 Å². The van der Waals surface area contributed by atoms with Gasteiger partial charge in [-0.15, -0.1) is 0 Å². The van der Waals surface area contributed by atoms with Crippen molar-refractivity contribution in [2.75, 3.05) is 19.0 Å². The number of carbonyl (C=O) groups is 1. The molecule has 0 heterocycles. The van der Waals surface area contributed by atoms with Gasteiger partial charge in [-0.2, -0.15) is 0 Å². The van der Waals surface area contributed by atoms with Crippen molar-refractivity contribution in [3.05, 3.63) is 65.2 Å². The van der Waals surface area contributed by atoms with Gasteiger partial charge in [-0.05, 0) is 42.8 Å². The Morgan fingerprint density at radius 3 is 2.38 bits per heavy atom. The van der Waals surface area contributed by atoms with Crippen LogP contribution in [0.15, 0.2) is 48.5 Å². The van der Waals surface area contributed by atoms with Crippen LogP contribution in [0, 0.1) is 6.92 Å². The van der Waals surface area contributed by atoms with Gasteiger partial charge in [0.25, 0.3) is 0 Å². The van der Waals surface area contributed by atoms with Crippen LogP contribution < -0.4 is 9.55 Å². The van der Waals surface area contributed by atoms with E-state index in [1.54, 1.807) is 25.1 Å². The zero-order chi connectivity index (χ0) is 17.7. The minimum Gasteiger partial charge on any atom is -0.505 e. The van der Waals surface area contributed by atoms with E-state index in [-0.39, 0.29) is 17.1 Å². The summed E-state index contributed by atoms with van der Waals surface area (Å²) in [4.78, 5) is 14.3. The van der Waals surface area contributed by atoms with Gasteiger partial charge in [0.05, 0.1) is 5.56 Å². The first-order valence-corrected chi connectivity index (χ1v) is 7.42. The molecule has 0 amide bonds. The first-order valence-electron chi connectivity index (χ1n) is 7.42. The molecule has 0 radical (unpaired) electrons. The van der Waals surface area contributed by atoms with E-state index in [0.29, 0.717) is 0 Å². The molecule has 0 aliphatic heterocycles. The lowest BCUT2D eigenvalue weighted by atomic mass is 10.0. The maximum absolute atomic E-state index is 12.5. The molecule has 0 bridgehead atoms. The molecule has 2 aromatic rings. The maximum atomic E-state index is 12.5. The standard InChI is InChI=1S/C18H18BF2NO2/c1-13-4-11-18(24-19(20)21)16(12-13)17(23)10-7-14-5-8-15(9-6-14)22(2)3/h4-12H,1-3H3/b10-7+. The van der Waals surface area contributed by atoms with Crippen LogP contribution in [0.25, 0.3) is 6.08 Å². The molecule has 0 N–H and O–H groups in total. The molecule has 0 aliphatic rings. The van der Waals surface area contributed by atoms with E-state index in [1.165, 1.54) is 12.1 Å². The van der Waals surface area contributed by atoms with Crippen LogP contribution in [0.1, 0.15) is 21.5 Å². The predicted octanol–water partition coefficient (Wildman–Crippen LogP) is 4.26. The second-order valence-electron chi connectivity index (χ2n) is 5.56. The Kier molecular flexibility index (Phi) is 5.74. The first kappa shape index (κ1) is 17.7. The van der Waals surface area contributed by atoms with Crippen molar-refractivity contribution in [3.63, 3.8) is 0 Å². The van der Waals surface area contributed by atoms with Crippen LogP contribution in [0.4, 0.5) is 14.3 Å². The fourth-order valence-electron chi connectivity index (χ4n) is 2.18. The van der Waals surface area contributed by atoms with Gasteiger partial charge in [0.15, 0.2) is 5.78 Å². The lowest BCUT2D eigenvalue weighted by molar-refractivity contribution is 0.104. The highest BCUT2D eigenvalue weighted by Gasteiger charge is 2.21. The summed E-state index contributed by atoms with van der Waals surface area (Å²) in [6.07, 6.45) is 3.01. The molecular weight excluding hydrogens is 311 g/mol. The molecule has 0 fully saturated rings. The van der Waals surface area contributed by atoms with Crippen molar-refractivity contribution < 1.29 is 18.1 Å². The second-order valence-corrected chi connectivity index (χ2v) is 5.56. The van der Waals surface area contributed by atoms with Crippen LogP contribution in [-0.4, -0.2) is 27.3 Å². The number of carbonyl (C=O) groups excluding carboxylic acids is 1. The quantitative estimate of drug-likeness (QED) is 0.451. The van der Waals surface area contributed by atoms with E-state index in [4.69, 9.17) is 0 Å². The van der Waals surface area contributed by atoms with E-state index < -0.39 is 7.47 Å². The average molecular weight is 329 g/mol. The van der Waals surface area contributed by atoms with Crippen molar-refractivity contribution in [3.8, 4) is 5.75 Å². The molecule has 24 heavy (non-hydrogen) atoms. The van der Waals surface area contributed by atoms with Crippen LogP contribution in [0.2, 0.25) is 0 Å². The molecule has 2 rings (SSSR count). The third-order valence-electron chi connectivity index (χ3n) is 3.45. The van der Waals surface area contributed by atoms with Crippen LogP contribution in [0.5, 0.6) is 5.75 Å². The Labute approximate surface area is 140 Å². The Balaban J connectivity index is 2.21. The molecule has 0 aliphatic carbocycles. The first-order chi connectivity index (χ1) is 11.4.